The molecule has 1 aliphatic carbocycles. The van der Waals surface area contributed by atoms with Crippen LogP contribution in [0.1, 0.15) is 34.9 Å². The van der Waals surface area contributed by atoms with E-state index in [1.54, 1.807) is 0 Å². The minimum Gasteiger partial charge on any atom is -0.0921 e. The Labute approximate surface area is 124 Å². The summed E-state index contributed by atoms with van der Waals surface area (Å²) in [5.74, 6) is 2.19. The molecule has 3 rings (SSSR count). The quantitative estimate of drug-likeness (QED) is 0.674. The Morgan fingerprint density at radius 2 is 1.74 bits per heavy atom. The third-order valence-electron chi connectivity index (χ3n) is 4.34. The smallest absolute Gasteiger partial charge is 0.0103 e. The third kappa shape index (κ3) is 2.62. The van der Waals surface area contributed by atoms with Crippen molar-refractivity contribution in [1.29, 1.82) is 0 Å². The van der Waals surface area contributed by atoms with Crippen molar-refractivity contribution in [2.24, 2.45) is 5.92 Å². The summed E-state index contributed by atoms with van der Waals surface area (Å²) in [5, 5.41) is 1.06. The van der Waals surface area contributed by atoms with E-state index in [1.807, 2.05) is 0 Å². The third-order valence-corrected chi connectivity index (χ3v) is 5.04. The molecule has 0 bridgehead atoms. The van der Waals surface area contributed by atoms with Crippen molar-refractivity contribution in [2.45, 2.75) is 25.2 Å². The highest BCUT2D eigenvalue weighted by atomic mass is 79.9. The first-order valence-corrected chi connectivity index (χ1v) is 8.10. The highest BCUT2D eigenvalue weighted by molar-refractivity contribution is 9.09. The van der Waals surface area contributed by atoms with Crippen molar-refractivity contribution in [1.82, 2.24) is 0 Å². The molecule has 0 spiro atoms. The first-order chi connectivity index (χ1) is 9.31. The van der Waals surface area contributed by atoms with Gasteiger partial charge in [0.15, 0.2) is 0 Å². The standard InChI is InChI=1S/C18H19Br/c1-13-7-5-6-10-15(13)18(12-19)17-11-16(17)14-8-3-2-4-9-14/h2-10,16-18H,11-12H2,1H3. The van der Waals surface area contributed by atoms with Gasteiger partial charge in [0.25, 0.3) is 0 Å². The van der Waals surface area contributed by atoms with Crippen LogP contribution in [0.2, 0.25) is 0 Å². The minimum atomic E-state index is 0.645. The molecule has 1 fully saturated rings. The molecule has 3 atom stereocenters. The number of rotatable bonds is 4. The number of benzene rings is 2. The molecule has 1 saturated carbocycles. The molecule has 0 radical (unpaired) electrons. The molecule has 0 heterocycles. The van der Waals surface area contributed by atoms with Gasteiger partial charge in [0.05, 0.1) is 0 Å². The maximum Gasteiger partial charge on any atom is 0.0103 e. The van der Waals surface area contributed by atoms with E-state index < -0.39 is 0 Å². The van der Waals surface area contributed by atoms with Gasteiger partial charge in [-0.05, 0) is 47.8 Å². The van der Waals surface area contributed by atoms with Gasteiger partial charge < -0.3 is 0 Å². The van der Waals surface area contributed by atoms with Gasteiger partial charge in [-0.25, -0.2) is 0 Å². The second-order valence-electron chi connectivity index (χ2n) is 5.53. The lowest BCUT2D eigenvalue weighted by Gasteiger charge is -2.17. The zero-order chi connectivity index (χ0) is 13.2. The predicted octanol–water partition coefficient (Wildman–Crippen LogP) is 5.28. The molecule has 0 amide bonds. The van der Waals surface area contributed by atoms with Crippen molar-refractivity contribution in [3.8, 4) is 0 Å². The monoisotopic (exact) mass is 314 g/mol. The Morgan fingerprint density at radius 3 is 2.42 bits per heavy atom. The molecule has 3 unspecified atom stereocenters. The van der Waals surface area contributed by atoms with Gasteiger partial charge in [0.1, 0.15) is 0 Å². The SMILES string of the molecule is Cc1ccccc1C(CBr)C1CC1c1ccccc1. The molecule has 2 aromatic rings. The molecule has 0 N–H and O–H groups in total. The van der Waals surface area contributed by atoms with Gasteiger partial charge in [-0.3, -0.25) is 0 Å². The molecule has 2 aromatic carbocycles. The number of hydrogen-bond acceptors (Lipinski definition) is 0. The van der Waals surface area contributed by atoms with Crippen LogP contribution in [0.25, 0.3) is 0 Å². The van der Waals surface area contributed by atoms with Crippen molar-refractivity contribution in [3.05, 3.63) is 71.3 Å². The number of hydrogen-bond donors (Lipinski definition) is 0. The molecule has 0 saturated heterocycles. The van der Waals surface area contributed by atoms with Crippen LogP contribution in [0.3, 0.4) is 0 Å². The number of aryl methyl sites for hydroxylation is 1. The Bertz CT molecular complexity index is 547. The molecule has 98 valence electrons. The van der Waals surface area contributed by atoms with Gasteiger partial charge in [0.2, 0.25) is 0 Å². The van der Waals surface area contributed by atoms with Crippen molar-refractivity contribution in [2.75, 3.05) is 5.33 Å². The van der Waals surface area contributed by atoms with E-state index in [9.17, 15) is 0 Å². The van der Waals surface area contributed by atoms with E-state index in [0.717, 1.165) is 17.2 Å². The highest BCUT2D eigenvalue weighted by Crippen LogP contribution is 2.55. The summed E-state index contributed by atoms with van der Waals surface area (Å²) in [6.07, 6.45) is 1.33. The van der Waals surface area contributed by atoms with E-state index in [1.165, 1.54) is 23.1 Å². The minimum absolute atomic E-state index is 0.645. The van der Waals surface area contributed by atoms with Crippen LogP contribution < -0.4 is 0 Å². The van der Waals surface area contributed by atoms with Gasteiger partial charge in [-0.1, -0.05) is 70.5 Å². The molecular weight excluding hydrogens is 296 g/mol. The van der Waals surface area contributed by atoms with Gasteiger partial charge in [-0.2, -0.15) is 0 Å². The second kappa shape index (κ2) is 5.50. The van der Waals surface area contributed by atoms with Crippen LogP contribution in [-0.4, -0.2) is 5.33 Å². The molecule has 0 aliphatic heterocycles. The topological polar surface area (TPSA) is 0 Å². The second-order valence-corrected chi connectivity index (χ2v) is 6.18. The van der Waals surface area contributed by atoms with Crippen molar-refractivity contribution in [3.63, 3.8) is 0 Å². The average Bonchev–Trinajstić information content (AvgIpc) is 3.23. The normalized spacial score (nSPS) is 23.1. The van der Waals surface area contributed by atoms with Crippen LogP contribution >= 0.6 is 15.9 Å². The van der Waals surface area contributed by atoms with Crippen LogP contribution in [0, 0.1) is 12.8 Å². The maximum atomic E-state index is 3.73. The van der Waals surface area contributed by atoms with Crippen molar-refractivity contribution >= 4 is 15.9 Å². The summed E-state index contributed by atoms with van der Waals surface area (Å²) >= 11 is 3.73. The lowest BCUT2D eigenvalue weighted by atomic mass is 9.90. The lowest BCUT2D eigenvalue weighted by Crippen LogP contribution is -2.06. The largest absolute Gasteiger partial charge is 0.0921 e. The van der Waals surface area contributed by atoms with E-state index in [4.69, 9.17) is 0 Å². The average molecular weight is 315 g/mol. The van der Waals surface area contributed by atoms with Crippen LogP contribution in [0.4, 0.5) is 0 Å². The van der Waals surface area contributed by atoms with Crippen molar-refractivity contribution < 1.29 is 0 Å². The van der Waals surface area contributed by atoms with E-state index in [2.05, 4.69) is 77.5 Å². The Hall–Kier alpha value is -1.08. The zero-order valence-electron chi connectivity index (χ0n) is 11.2. The molecule has 0 aromatic heterocycles. The molecule has 0 nitrogen and oxygen atoms in total. The summed E-state index contributed by atoms with van der Waals surface area (Å²) in [6.45, 7) is 2.23. The fourth-order valence-corrected chi connectivity index (χ4v) is 4.00. The number of halogens is 1. The summed E-state index contributed by atoms with van der Waals surface area (Å²) in [4.78, 5) is 0. The van der Waals surface area contributed by atoms with Crippen LogP contribution in [0.15, 0.2) is 54.6 Å². The van der Waals surface area contributed by atoms with E-state index in [-0.39, 0.29) is 0 Å². The Morgan fingerprint density at radius 1 is 1.05 bits per heavy atom. The number of alkyl halides is 1. The molecule has 1 heteroatoms. The molecule has 1 aliphatic rings. The Balaban J connectivity index is 1.81. The maximum absolute atomic E-state index is 3.73. The Kier molecular flexibility index (Phi) is 3.74. The van der Waals surface area contributed by atoms with E-state index >= 15 is 0 Å². The first kappa shape index (κ1) is 12.9. The summed E-state index contributed by atoms with van der Waals surface area (Å²) in [5.41, 5.74) is 4.44. The molecule has 19 heavy (non-hydrogen) atoms. The fraction of sp³-hybridized carbons (Fsp3) is 0.333. The fourth-order valence-electron chi connectivity index (χ4n) is 3.17. The van der Waals surface area contributed by atoms with E-state index in [0.29, 0.717) is 5.92 Å². The highest BCUT2D eigenvalue weighted by Gasteiger charge is 2.43. The van der Waals surface area contributed by atoms with Crippen LogP contribution in [0.5, 0.6) is 0 Å². The zero-order valence-corrected chi connectivity index (χ0v) is 12.8. The summed E-state index contributed by atoms with van der Waals surface area (Å²) < 4.78 is 0. The van der Waals surface area contributed by atoms with Gasteiger partial charge >= 0.3 is 0 Å². The first-order valence-electron chi connectivity index (χ1n) is 6.97. The van der Waals surface area contributed by atoms with Crippen LogP contribution in [-0.2, 0) is 0 Å². The predicted molar refractivity (Wildman–Crippen MR) is 85.0 cm³/mol. The molecular formula is C18H19Br. The lowest BCUT2D eigenvalue weighted by molar-refractivity contribution is 0.653. The van der Waals surface area contributed by atoms with Gasteiger partial charge in [-0.15, -0.1) is 0 Å². The van der Waals surface area contributed by atoms with Gasteiger partial charge in [0, 0.05) is 5.33 Å². The summed E-state index contributed by atoms with van der Waals surface area (Å²) in [7, 11) is 0. The summed E-state index contributed by atoms with van der Waals surface area (Å²) in [6, 6.07) is 19.8.